The molecule has 1 fully saturated rings. The molecule has 5 rings (SSSR count). The fourth-order valence-electron chi connectivity index (χ4n) is 4.06. The topological polar surface area (TPSA) is 151 Å². The summed E-state index contributed by atoms with van der Waals surface area (Å²) in [5.74, 6) is -1.37. The number of aliphatic imine (C=N–C) groups is 1. The minimum Gasteiger partial charge on any atom is -0.505 e. The quantitative estimate of drug-likeness (QED) is 0.440. The Hall–Kier alpha value is -3.44. The molecule has 1 aliphatic heterocycles. The molecule has 1 aliphatic carbocycles. The molecule has 0 unspecified atom stereocenters. The Balaban J connectivity index is 1.69. The van der Waals surface area contributed by atoms with Crippen LogP contribution in [0.3, 0.4) is 0 Å². The van der Waals surface area contributed by atoms with Crippen LogP contribution in [0.15, 0.2) is 50.4 Å². The third kappa shape index (κ3) is 4.67. The van der Waals surface area contributed by atoms with E-state index in [1.165, 1.54) is 25.2 Å². The van der Waals surface area contributed by atoms with Crippen LogP contribution in [0.5, 0.6) is 5.75 Å². The molecule has 0 amide bonds. The van der Waals surface area contributed by atoms with Gasteiger partial charge in [-0.3, -0.25) is 13.8 Å². The molecule has 1 saturated carbocycles. The lowest BCUT2D eigenvalue weighted by Crippen LogP contribution is -2.41. The highest BCUT2D eigenvalue weighted by Gasteiger charge is 2.63. The Morgan fingerprint density at radius 1 is 1.26 bits per heavy atom. The standard InChI is InChI=1S/C22H20F3N5O6S3/c1-29(38(2,33)34)12-5-6-13-15(10-12)39(35,36)28-19(26-13)16-18(31)17(14-4-3-9-37-14)27-30(20(16)32)11-21(7-8-21)22(23,24)25/h3-6,9-10,31H,7-8,11H2,1-2H3,(H,26,28). The van der Waals surface area contributed by atoms with Crippen molar-refractivity contribution in [3.8, 4) is 16.3 Å². The van der Waals surface area contributed by atoms with E-state index in [1.807, 2.05) is 0 Å². The van der Waals surface area contributed by atoms with E-state index in [0.717, 1.165) is 28.0 Å². The van der Waals surface area contributed by atoms with Crippen molar-refractivity contribution in [1.82, 2.24) is 14.5 Å². The Labute approximate surface area is 224 Å². The molecule has 3 aromatic rings. The van der Waals surface area contributed by atoms with Crippen molar-refractivity contribution in [2.24, 2.45) is 10.4 Å². The van der Waals surface area contributed by atoms with E-state index >= 15 is 0 Å². The average molecular weight is 604 g/mol. The first kappa shape index (κ1) is 27.1. The molecule has 0 bridgehead atoms. The number of halogens is 3. The Kier molecular flexibility index (Phi) is 6.11. The zero-order valence-corrected chi connectivity index (χ0v) is 22.7. The van der Waals surface area contributed by atoms with E-state index < -0.39 is 65.8 Å². The van der Waals surface area contributed by atoms with Gasteiger partial charge >= 0.3 is 6.18 Å². The summed E-state index contributed by atoms with van der Waals surface area (Å²) in [4.78, 5) is 17.5. The predicted molar refractivity (Wildman–Crippen MR) is 137 cm³/mol. The van der Waals surface area contributed by atoms with Gasteiger partial charge < -0.3 is 5.11 Å². The van der Waals surface area contributed by atoms with Crippen LogP contribution in [0.2, 0.25) is 0 Å². The van der Waals surface area contributed by atoms with Crippen molar-refractivity contribution in [1.29, 1.82) is 0 Å². The number of anilines is 1. The molecule has 208 valence electrons. The number of fused-ring (bicyclic) bond motifs is 1. The highest BCUT2D eigenvalue weighted by atomic mass is 32.2. The van der Waals surface area contributed by atoms with E-state index in [0.29, 0.717) is 9.56 Å². The van der Waals surface area contributed by atoms with Crippen LogP contribution in [-0.4, -0.2) is 57.0 Å². The highest BCUT2D eigenvalue weighted by molar-refractivity contribution is 7.92. The lowest BCUT2D eigenvalue weighted by atomic mass is 10.1. The maximum Gasteiger partial charge on any atom is 0.396 e. The number of amidine groups is 1. The summed E-state index contributed by atoms with van der Waals surface area (Å²) in [6, 6.07) is 6.72. The second-order valence-corrected chi connectivity index (χ2v) is 13.9. The van der Waals surface area contributed by atoms with Gasteiger partial charge in [-0.1, -0.05) is 6.07 Å². The molecule has 39 heavy (non-hydrogen) atoms. The number of hydrogen-bond acceptors (Lipinski definition) is 9. The number of hydrogen-bond donors (Lipinski definition) is 2. The highest BCUT2D eigenvalue weighted by Crippen LogP contribution is 2.58. The van der Waals surface area contributed by atoms with Crippen LogP contribution in [0, 0.1) is 5.41 Å². The summed E-state index contributed by atoms with van der Waals surface area (Å²) in [6.45, 7) is -0.821. The molecule has 1 aromatic carbocycles. The number of thiophene rings is 1. The second-order valence-electron chi connectivity index (χ2n) is 9.24. The van der Waals surface area contributed by atoms with Crippen LogP contribution in [0.1, 0.15) is 18.4 Å². The van der Waals surface area contributed by atoms with Crippen LogP contribution < -0.4 is 14.6 Å². The molecule has 17 heteroatoms. The van der Waals surface area contributed by atoms with Crippen LogP contribution >= 0.6 is 11.3 Å². The SMILES string of the molecule is CN(c1ccc2c(c1)S(=O)(=O)NC(c1c(O)c(-c3cccs3)nn(CC3(C(F)(F)F)CC3)c1=O)=N2)S(C)(=O)=O. The number of alkyl halides is 3. The smallest absolute Gasteiger partial charge is 0.396 e. The zero-order valence-electron chi connectivity index (χ0n) is 20.2. The summed E-state index contributed by atoms with van der Waals surface area (Å²) >= 11 is 1.10. The maximum absolute atomic E-state index is 13.7. The molecule has 3 heterocycles. The average Bonchev–Trinajstić information content (AvgIpc) is 3.43. The van der Waals surface area contributed by atoms with Crippen molar-refractivity contribution >= 4 is 48.6 Å². The van der Waals surface area contributed by atoms with Crippen LogP contribution in [-0.2, 0) is 26.6 Å². The Morgan fingerprint density at radius 2 is 1.95 bits per heavy atom. The van der Waals surface area contributed by atoms with Crippen LogP contribution in [0.25, 0.3) is 10.6 Å². The molecule has 2 N–H and O–H groups in total. The van der Waals surface area contributed by atoms with E-state index in [4.69, 9.17) is 0 Å². The molecule has 2 aromatic heterocycles. The summed E-state index contributed by atoms with van der Waals surface area (Å²) in [5, 5.41) is 16.7. The van der Waals surface area contributed by atoms with Gasteiger partial charge in [-0.2, -0.15) is 18.3 Å². The number of rotatable bonds is 6. The fraction of sp³-hybridized carbons (Fsp3) is 0.318. The van der Waals surface area contributed by atoms with Crippen LogP contribution in [0.4, 0.5) is 24.5 Å². The van der Waals surface area contributed by atoms with Crippen molar-refractivity contribution in [2.45, 2.75) is 30.5 Å². The number of nitrogens with zero attached hydrogens (tertiary/aromatic N) is 4. The maximum atomic E-state index is 13.7. The molecule has 11 nitrogen and oxygen atoms in total. The van der Waals surface area contributed by atoms with Crippen molar-refractivity contribution in [3.63, 3.8) is 0 Å². The first-order chi connectivity index (χ1) is 18.0. The molecular formula is C22H20F3N5O6S3. The van der Waals surface area contributed by atoms with E-state index in [-0.39, 0.29) is 29.9 Å². The summed E-state index contributed by atoms with van der Waals surface area (Å²) < 4.78 is 94.8. The van der Waals surface area contributed by atoms with Crippen molar-refractivity contribution in [2.75, 3.05) is 17.6 Å². The zero-order chi connectivity index (χ0) is 28.5. The van der Waals surface area contributed by atoms with Gasteiger partial charge in [0.15, 0.2) is 11.6 Å². The summed E-state index contributed by atoms with van der Waals surface area (Å²) in [7, 11) is -6.95. The van der Waals surface area contributed by atoms with Gasteiger partial charge in [-0.05, 0) is 42.5 Å². The first-order valence-corrected chi connectivity index (χ1v) is 15.4. The van der Waals surface area contributed by atoms with Crippen molar-refractivity contribution in [3.05, 3.63) is 51.6 Å². The van der Waals surface area contributed by atoms with E-state index in [1.54, 1.807) is 11.4 Å². The molecule has 0 atom stereocenters. The number of benzene rings is 1. The van der Waals surface area contributed by atoms with Gasteiger partial charge in [0.1, 0.15) is 16.2 Å². The minimum absolute atomic E-state index is 0.0243. The van der Waals surface area contributed by atoms with Crippen molar-refractivity contribution < 1.29 is 35.1 Å². The first-order valence-electron chi connectivity index (χ1n) is 11.2. The largest absolute Gasteiger partial charge is 0.505 e. The van der Waals surface area contributed by atoms with Gasteiger partial charge in [0.25, 0.3) is 15.6 Å². The number of nitrogens with one attached hydrogen (secondary N) is 1. The predicted octanol–water partition coefficient (Wildman–Crippen LogP) is 2.79. The number of sulfonamides is 2. The molecule has 0 radical (unpaired) electrons. The van der Waals surface area contributed by atoms with Gasteiger partial charge in [0.05, 0.1) is 34.5 Å². The molecular weight excluding hydrogens is 583 g/mol. The Bertz CT molecular complexity index is 1800. The summed E-state index contributed by atoms with van der Waals surface area (Å²) in [6.07, 6.45) is -4.09. The third-order valence-corrected chi connectivity index (χ3v) is 10.0. The van der Waals surface area contributed by atoms with Gasteiger partial charge in [0, 0.05) is 7.05 Å². The third-order valence-electron chi connectivity index (χ3n) is 6.59. The monoisotopic (exact) mass is 603 g/mol. The lowest BCUT2D eigenvalue weighted by Gasteiger charge is -2.23. The minimum atomic E-state index is -4.60. The van der Waals surface area contributed by atoms with Gasteiger partial charge in [-0.15, -0.1) is 11.3 Å². The van der Waals surface area contributed by atoms with Gasteiger partial charge in [-0.25, -0.2) is 26.5 Å². The normalized spacial score (nSPS) is 17.6. The molecule has 2 aliphatic rings. The molecule has 0 spiro atoms. The molecule has 0 saturated heterocycles. The fourth-order valence-corrected chi connectivity index (χ4v) is 6.44. The van der Waals surface area contributed by atoms with E-state index in [2.05, 4.69) is 14.8 Å². The second kappa shape index (κ2) is 8.79. The number of aromatic nitrogens is 2. The summed E-state index contributed by atoms with van der Waals surface area (Å²) in [5.41, 5.74) is -4.36. The lowest BCUT2D eigenvalue weighted by molar-refractivity contribution is -0.191. The number of aromatic hydroxyl groups is 1. The van der Waals surface area contributed by atoms with Gasteiger partial charge in [0.2, 0.25) is 10.0 Å². The van der Waals surface area contributed by atoms with E-state index in [9.17, 15) is 39.9 Å². The Morgan fingerprint density at radius 3 is 2.51 bits per heavy atom.